The zero-order valence-electron chi connectivity index (χ0n) is 8.40. The number of hydrogen-bond acceptors (Lipinski definition) is 2. The molecule has 1 aliphatic carbocycles. The molecule has 0 aromatic carbocycles. The van der Waals surface area contributed by atoms with Gasteiger partial charge in [-0.2, -0.15) is 0 Å². The fraction of sp³-hybridized carbons (Fsp3) is 0.250. The summed E-state index contributed by atoms with van der Waals surface area (Å²) in [4.78, 5) is 4.48. The topological polar surface area (TPSA) is 12.9 Å². The van der Waals surface area contributed by atoms with Crippen LogP contribution in [0.3, 0.4) is 0 Å². The summed E-state index contributed by atoms with van der Waals surface area (Å²) in [5, 5.41) is 3.24. The lowest BCUT2D eigenvalue weighted by Gasteiger charge is -1.99. The van der Waals surface area contributed by atoms with Gasteiger partial charge >= 0.3 is 0 Å². The molecule has 1 nitrogen and oxygen atoms in total. The summed E-state index contributed by atoms with van der Waals surface area (Å²) in [6.45, 7) is 4.22. The van der Waals surface area contributed by atoms with Crippen molar-refractivity contribution < 1.29 is 0 Å². The predicted molar refractivity (Wildman–Crippen MR) is 62.3 cm³/mol. The van der Waals surface area contributed by atoms with Crippen LogP contribution >= 0.6 is 11.3 Å². The van der Waals surface area contributed by atoms with E-state index in [0.717, 1.165) is 10.7 Å². The minimum absolute atomic E-state index is 0.488. The highest BCUT2D eigenvalue weighted by Crippen LogP contribution is 2.22. The molecule has 0 fully saturated rings. The maximum Gasteiger partial charge on any atom is 0.0901 e. The summed E-state index contributed by atoms with van der Waals surface area (Å²) >= 11 is 1.70. The molecule has 1 aromatic heterocycles. The predicted octanol–water partition coefficient (Wildman–Crippen LogP) is 3.60. The molecule has 0 saturated heterocycles. The molecule has 72 valence electrons. The maximum atomic E-state index is 4.48. The Morgan fingerprint density at radius 1 is 1.36 bits per heavy atom. The van der Waals surface area contributed by atoms with E-state index in [-0.39, 0.29) is 0 Å². The van der Waals surface area contributed by atoms with Crippen molar-refractivity contribution in [3.8, 4) is 0 Å². The van der Waals surface area contributed by atoms with Crippen LogP contribution in [0.15, 0.2) is 35.8 Å². The van der Waals surface area contributed by atoms with Crippen LogP contribution in [0.4, 0.5) is 0 Å². The van der Waals surface area contributed by atoms with Gasteiger partial charge in [0.25, 0.3) is 0 Å². The third kappa shape index (κ3) is 2.02. The van der Waals surface area contributed by atoms with Gasteiger partial charge in [0.05, 0.1) is 10.7 Å². The highest BCUT2D eigenvalue weighted by Gasteiger charge is 2.05. The molecular weight excluding hydrogens is 190 g/mol. The summed E-state index contributed by atoms with van der Waals surface area (Å²) in [5.41, 5.74) is 2.33. The Kier molecular flexibility index (Phi) is 2.64. The van der Waals surface area contributed by atoms with E-state index in [9.17, 15) is 0 Å². The Balaban J connectivity index is 2.34. The Labute approximate surface area is 88.5 Å². The molecule has 0 aliphatic heterocycles. The van der Waals surface area contributed by atoms with Gasteiger partial charge in [0.2, 0.25) is 0 Å². The second-order valence-electron chi connectivity index (χ2n) is 3.48. The summed E-state index contributed by atoms with van der Waals surface area (Å²) in [7, 11) is 0. The van der Waals surface area contributed by atoms with Crippen LogP contribution in [0.5, 0.6) is 0 Å². The average Bonchev–Trinajstić information content (AvgIpc) is 2.45. The van der Waals surface area contributed by atoms with Crippen molar-refractivity contribution in [2.24, 2.45) is 5.92 Å². The van der Waals surface area contributed by atoms with Crippen LogP contribution in [-0.4, -0.2) is 4.98 Å². The van der Waals surface area contributed by atoms with Crippen molar-refractivity contribution in [1.82, 2.24) is 4.98 Å². The van der Waals surface area contributed by atoms with Crippen LogP contribution in [0.2, 0.25) is 0 Å². The SMILES string of the molecule is Cc1nc(C2=CC(C)C=CC=C2)cs1. The zero-order valence-corrected chi connectivity index (χ0v) is 9.21. The van der Waals surface area contributed by atoms with E-state index in [2.05, 4.69) is 47.7 Å². The van der Waals surface area contributed by atoms with E-state index >= 15 is 0 Å². The Morgan fingerprint density at radius 2 is 2.21 bits per heavy atom. The highest BCUT2D eigenvalue weighted by atomic mass is 32.1. The molecule has 0 N–H and O–H groups in total. The van der Waals surface area contributed by atoms with Gasteiger partial charge in [-0.1, -0.05) is 37.3 Å². The first-order chi connectivity index (χ1) is 6.75. The minimum Gasteiger partial charge on any atom is -0.242 e. The van der Waals surface area contributed by atoms with Gasteiger partial charge in [-0.05, 0) is 18.4 Å². The van der Waals surface area contributed by atoms with Gasteiger partial charge in [-0.25, -0.2) is 4.98 Å². The first kappa shape index (κ1) is 9.41. The summed E-state index contributed by atoms with van der Waals surface area (Å²) in [6, 6.07) is 0. The minimum atomic E-state index is 0.488. The molecule has 0 saturated carbocycles. The molecule has 0 radical (unpaired) electrons. The number of aryl methyl sites for hydroxylation is 1. The van der Waals surface area contributed by atoms with Crippen molar-refractivity contribution in [3.63, 3.8) is 0 Å². The fourth-order valence-corrected chi connectivity index (χ4v) is 2.08. The number of nitrogens with zero attached hydrogens (tertiary/aromatic N) is 1. The fourth-order valence-electron chi connectivity index (χ4n) is 1.46. The molecular formula is C12H13NS. The quantitative estimate of drug-likeness (QED) is 0.679. The molecule has 0 bridgehead atoms. The van der Waals surface area contributed by atoms with E-state index in [1.807, 2.05) is 6.92 Å². The van der Waals surface area contributed by atoms with Gasteiger partial charge in [-0.15, -0.1) is 11.3 Å². The lowest BCUT2D eigenvalue weighted by atomic mass is 10.1. The maximum absolute atomic E-state index is 4.48. The summed E-state index contributed by atoms with van der Waals surface area (Å²) < 4.78 is 0. The van der Waals surface area contributed by atoms with E-state index in [1.165, 1.54) is 5.57 Å². The largest absolute Gasteiger partial charge is 0.242 e. The first-order valence-electron chi connectivity index (χ1n) is 4.75. The van der Waals surface area contributed by atoms with Crippen molar-refractivity contribution in [1.29, 1.82) is 0 Å². The molecule has 14 heavy (non-hydrogen) atoms. The van der Waals surface area contributed by atoms with E-state index in [4.69, 9.17) is 0 Å². The molecule has 1 aliphatic rings. The molecule has 1 aromatic rings. The second-order valence-corrected chi connectivity index (χ2v) is 4.54. The van der Waals surface area contributed by atoms with Crippen LogP contribution in [0.1, 0.15) is 17.6 Å². The molecule has 0 spiro atoms. The molecule has 1 unspecified atom stereocenters. The average molecular weight is 203 g/mol. The zero-order chi connectivity index (χ0) is 9.97. The molecule has 1 heterocycles. The normalized spacial score (nSPS) is 20.7. The van der Waals surface area contributed by atoms with Gasteiger partial charge in [0.15, 0.2) is 0 Å². The van der Waals surface area contributed by atoms with E-state index in [1.54, 1.807) is 11.3 Å². The number of aromatic nitrogens is 1. The number of thiazole rings is 1. The highest BCUT2D eigenvalue weighted by molar-refractivity contribution is 7.09. The van der Waals surface area contributed by atoms with Gasteiger partial charge in [0.1, 0.15) is 0 Å². The summed E-state index contributed by atoms with van der Waals surface area (Å²) in [5.74, 6) is 0.488. The monoisotopic (exact) mass is 203 g/mol. The van der Waals surface area contributed by atoms with Crippen molar-refractivity contribution in [3.05, 3.63) is 46.5 Å². The van der Waals surface area contributed by atoms with Crippen LogP contribution < -0.4 is 0 Å². The Morgan fingerprint density at radius 3 is 2.93 bits per heavy atom. The lowest BCUT2D eigenvalue weighted by Crippen LogP contribution is -1.86. The molecule has 2 heteroatoms. The van der Waals surface area contributed by atoms with Gasteiger partial charge < -0.3 is 0 Å². The molecule has 2 rings (SSSR count). The first-order valence-corrected chi connectivity index (χ1v) is 5.63. The van der Waals surface area contributed by atoms with Gasteiger partial charge in [-0.3, -0.25) is 0 Å². The third-order valence-corrected chi connectivity index (χ3v) is 2.93. The molecule has 0 amide bonds. The van der Waals surface area contributed by atoms with E-state index in [0.29, 0.717) is 5.92 Å². The number of rotatable bonds is 1. The lowest BCUT2D eigenvalue weighted by molar-refractivity contribution is 0.944. The van der Waals surface area contributed by atoms with Crippen molar-refractivity contribution >= 4 is 16.9 Å². The van der Waals surface area contributed by atoms with E-state index < -0.39 is 0 Å². The van der Waals surface area contributed by atoms with Crippen LogP contribution in [0, 0.1) is 12.8 Å². The number of allylic oxidation sites excluding steroid dienone is 6. The Hall–Kier alpha value is -1.15. The van der Waals surface area contributed by atoms with Crippen molar-refractivity contribution in [2.45, 2.75) is 13.8 Å². The standard InChI is InChI=1S/C12H13NS/c1-9-5-3-4-6-11(7-9)12-8-14-10(2)13-12/h3-9H,1-2H3. The number of hydrogen-bond donors (Lipinski definition) is 0. The second kappa shape index (κ2) is 3.93. The third-order valence-electron chi connectivity index (χ3n) is 2.16. The Bertz CT molecular complexity index is 410. The van der Waals surface area contributed by atoms with Crippen LogP contribution in [0.25, 0.3) is 5.57 Å². The van der Waals surface area contributed by atoms with Crippen molar-refractivity contribution in [2.75, 3.05) is 0 Å². The smallest absolute Gasteiger partial charge is 0.0901 e. The van der Waals surface area contributed by atoms with Crippen LogP contribution in [-0.2, 0) is 0 Å². The summed E-state index contributed by atoms with van der Waals surface area (Å²) in [6.07, 6.45) is 10.7. The van der Waals surface area contributed by atoms with Gasteiger partial charge in [0, 0.05) is 5.38 Å². The molecule has 1 atom stereocenters.